The molecule has 22 heavy (non-hydrogen) atoms. The van der Waals surface area contributed by atoms with Gasteiger partial charge in [0.15, 0.2) is 0 Å². The molecule has 0 heterocycles. The Kier molecular flexibility index (Phi) is 4.95. The molecule has 1 amide bonds. The van der Waals surface area contributed by atoms with E-state index < -0.39 is 10.8 Å². The lowest BCUT2D eigenvalue weighted by Gasteiger charge is -2.10. The summed E-state index contributed by atoms with van der Waals surface area (Å²) in [4.78, 5) is 22.5. The number of nitro benzene ring substituents is 1. The van der Waals surface area contributed by atoms with Crippen molar-refractivity contribution in [3.05, 3.63) is 63.2 Å². The van der Waals surface area contributed by atoms with Crippen molar-refractivity contribution in [3.63, 3.8) is 0 Å². The Bertz CT molecular complexity index is 718. The summed E-state index contributed by atoms with van der Waals surface area (Å²) in [7, 11) is 1.47. The van der Waals surface area contributed by atoms with Gasteiger partial charge in [-0.3, -0.25) is 14.9 Å². The predicted octanol–water partition coefficient (Wildman–Crippen LogP) is 3.44. The van der Waals surface area contributed by atoms with Gasteiger partial charge in [-0.25, -0.2) is 0 Å². The van der Waals surface area contributed by atoms with Crippen LogP contribution in [0.2, 0.25) is 5.02 Å². The zero-order valence-electron chi connectivity index (χ0n) is 11.7. The zero-order valence-corrected chi connectivity index (χ0v) is 12.5. The number of ether oxygens (including phenoxy) is 1. The van der Waals surface area contributed by atoms with Crippen LogP contribution < -0.4 is 10.1 Å². The molecule has 114 valence electrons. The van der Waals surface area contributed by atoms with Gasteiger partial charge in [-0.05, 0) is 18.2 Å². The number of hydrogen-bond acceptors (Lipinski definition) is 4. The fraction of sp³-hybridized carbons (Fsp3) is 0.133. The number of methoxy groups -OCH3 is 1. The number of nitrogens with zero attached hydrogens (tertiary/aromatic N) is 1. The maximum atomic E-state index is 12.1. The van der Waals surface area contributed by atoms with Crippen LogP contribution in [0, 0.1) is 10.1 Å². The first-order valence-corrected chi connectivity index (χ1v) is 6.74. The van der Waals surface area contributed by atoms with E-state index in [0.29, 0.717) is 22.0 Å². The number of nitro groups is 1. The summed E-state index contributed by atoms with van der Waals surface area (Å²) < 4.78 is 5.13. The molecule has 2 rings (SSSR count). The SMILES string of the molecule is COc1ccc(Cl)cc1NC(=O)Cc1ccccc1[N+](=O)[O-]. The first-order chi connectivity index (χ1) is 10.5. The third-order valence-electron chi connectivity index (χ3n) is 2.97. The van der Waals surface area contributed by atoms with Gasteiger partial charge in [0.2, 0.25) is 5.91 Å². The van der Waals surface area contributed by atoms with E-state index >= 15 is 0 Å². The number of carbonyl (C=O) groups excluding carboxylic acids is 1. The monoisotopic (exact) mass is 320 g/mol. The minimum atomic E-state index is -0.511. The molecule has 7 heteroatoms. The molecule has 2 aromatic rings. The van der Waals surface area contributed by atoms with Crippen LogP contribution in [0.3, 0.4) is 0 Å². The largest absolute Gasteiger partial charge is 0.495 e. The molecule has 2 aromatic carbocycles. The first kappa shape index (κ1) is 15.8. The third kappa shape index (κ3) is 3.73. The first-order valence-electron chi connectivity index (χ1n) is 6.37. The van der Waals surface area contributed by atoms with Crippen molar-refractivity contribution in [2.24, 2.45) is 0 Å². The summed E-state index contributed by atoms with van der Waals surface area (Å²) in [6.07, 6.45) is -0.118. The number of anilines is 1. The van der Waals surface area contributed by atoms with E-state index in [-0.39, 0.29) is 12.1 Å². The summed E-state index contributed by atoms with van der Waals surface area (Å²) in [5, 5.41) is 14.0. The maximum Gasteiger partial charge on any atom is 0.273 e. The number of rotatable bonds is 5. The Morgan fingerprint density at radius 1 is 1.32 bits per heavy atom. The Labute approximate surface area is 131 Å². The molecule has 0 aliphatic carbocycles. The van der Waals surface area contributed by atoms with Crippen LogP contribution >= 0.6 is 11.6 Å². The van der Waals surface area contributed by atoms with Gasteiger partial charge in [-0.15, -0.1) is 0 Å². The van der Waals surface area contributed by atoms with E-state index in [2.05, 4.69) is 5.32 Å². The Balaban J connectivity index is 2.18. The number of hydrogen-bond donors (Lipinski definition) is 1. The average Bonchev–Trinajstić information content (AvgIpc) is 2.47. The molecule has 0 unspecified atom stereocenters. The van der Waals surface area contributed by atoms with Gasteiger partial charge < -0.3 is 10.1 Å². The second-order valence-corrected chi connectivity index (χ2v) is 4.89. The lowest BCUT2D eigenvalue weighted by atomic mass is 10.1. The summed E-state index contributed by atoms with van der Waals surface area (Å²) in [5.74, 6) is 0.0650. The molecule has 0 atom stereocenters. The van der Waals surface area contributed by atoms with Crippen molar-refractivity contribution in [1.29, 1.82) is 0 Å². The van der Waals surface area contributed by atoms with Gasteiger partial charge in [0, 0.05) is 16.7 Å². The lowest BCUT2D eigenvalue weighted by Crippen LogP contribution is -2.15. The number of para-hydroxylation sites is 1. The van der Waals surface area contributed by atoms with Crippen molar-refractivity contribution in [3.8, 4) is 5.75 Å². The molecule has 0 saturated carbocycles. The summed E-state index contributed by atoms with van der Waals surface area (Å²) in [5.41, 5.74) is 0.667. The Morgan fingerprint density at radius 3 is 2.73 bits per heavy atom. The summed E-state index contributed by atoms with van der Waals surface area (Å²) in [6, 6.07) is 10.9. The second-order valence-electron chi connectivity index (χ2n) is 4.46. The van der Waals surface area contributed by atoms with Crippen LogP contribution in [0.5, 0.6) is 5.75 Å². The topological polar surface area (TPSA) is 81.5 Å². The van der Waals surface area contributed by atoms with Crippen molar-refractivity contribution in [1.82, 2.24) is 0 Å². The molecule has 0 spiro atoms. The molecule has 0 aliphatic heterocycles. The number of benzene rings is 2. The van der Waals surface area contributed by atoms with E-state index in [4.69, 9.17) is 16.3 Å². The highest BCUT2D eigenvalue weighted by molar-refractivity contribution is 6.31. The highest BCUT2D eigenvalue weighted by Crippen LogP contribution is 2.28. The fourth-order valence-corrected chi connectivity index (χ4v) is 2.16. The quantitative estimate of drug-likeness (QED) is 0.676. The molecule has 0 saturated heterocycles. The molecular weight excluding hydrogens is 308 g/mol. The van der Waals surface area contributed by atoms with E-state index in [1.807, 2.05) is 0 Å². The lowest BCUT2D eigenvalue weighted by molar-refractivity contribution is -0.385. The molecule has 1 N–H and O–H groups in total. The summed E-state index contributed by atoms with van der Waals surface area (Å²) in [6.45, 7) is 0. The van der Waals surface area contributed by atoms with Crippen LogP contribution in [0.25, 0.3) is 0 Å². The van der Waals surface area contributed by atoms with Crippen molar-refractivity contribution in [2.45, 2.75) is 6.42 Å². The highest BCUT2D eigenvalue weighted by Gasteiger charge is 2.16. The van der Waals surface area contributed by atoms with Crippen LogP contribution in [0.1, 0.15) is 5.56 Å². The van der Waals surface area contributed by atoms with Gasteiger partial charge in [-0.1, -0.05) is 29.8 Å². The maximum absolute atomic E-state index is 12.1. The van der Waals surface area contributed by atoms with Crippen LogP contribution in [0.4, 0.5) is 11.4 Å². The van der Waals surface area contributed by atoms with Gasteiger partial charge in [0.1, 0.15) is 5.75 Å². The normalized spacial score (nSPS) is 10.1. The van der Waals surface area contributed by atoms with Crippen molar-refractivity contribution >= 4 is 28.9 Å². The van der Waals surface area contributed by atoms with E-state index in [0.717, 1.165) is 0 Å². The van der Waals surface area contributed by atoms with Gasteiger partial charge >= 0.3 is 0 Å². The minimum absolute atomic E-state index is 0.0873. The highest BCUT2D eigenvalue weighted by atomic mass is 35.5. The van der Waals surface area contributed by atoms with E-state index in [1.54, 1.807) is 36.4 Å². The van der Waals surface area contributed by atoms with Crippen LogP contribution in [0.15, 0.2) is 42.5 Å². The Morgan fingerprint density at radius 2 is 2.05 bits per heavy atom. The third-order valence-corrected chi connectivity index (χ3v) is 3.21. The van der Waals surface area contributed by atoms with E-state index in [1.165, 1.54) is 13.2 Å². The molecule has 0 bridgehead atoms. The second kappa shape index (κ2) is 6.91. The molecule has 0 aliphatic rings. The number of nitrogens with one attached hydrogen (secondary N) is 1. The van der Waals surface area contributed by atoms with Gasteiger partial charge in [-0.2, -0.15) is 0 Å². The molecule has 0 fully saturated rings. The fourth-order valence-electron chi connectivity index (χ4n) is 1.98. The van der Waals surface area contributed by atoms with Gasteiger partial charge in [0.25, 0.3) is 5.69 Å². The van der Waals surface area contributed by atoms with Crippen LogP contribution in [-0.2, 0) is 11.2 Å². The van der Waals surface area contributed by atoms with Crippen molar-refractivity contribution in [2.75, 3.05) is 12.4 Å². The standard InChI is InChI=1S/C15H13ClN2O4/c1-22-14-7-6-11(16)9-12(14)17-15(19)8-10-4-2-3-5-13(10)18(20)21/h2-7,9H,8H2,1H3,(H,17,19). The average molecular weight is 321 g/mol. The molecule has 0 aromatic heterocycles. The number of amides is 1. The number of halogens is 1. The summed E-state index contributed by atoms with van der Waals surface area (Å²) >= 11 is 5.89. The van der Waals surface area contributed by atoms with Crippen molar-refractivity contribution < 1.29 is 14.5 Å². The minimum Gasteiger partial charge on any atom is -0.495 e. The molecule has 6 nitrogen and oxygen atoms in total. The van der Waals surface area contributed by atoms with Crippen LogP contribution in [-0.4, -0.2) is 17.9 Å². The molecular formula is C15H13ClN2O4. The zero-order chi connectivity index (χ0) is 16.1. The molecule has 0 radical (unpaired) electrons. The predicted molar refractivity (Wildman–Crippen MR) is 83.4 cm³/mol. The number of carbonyl (C=O) groups is 1. The Hall–Kier alpha value is -2.60. The van der Waals surface area contributed by atoms with Gasteiger partial charge in [0.05, 0.1) is 24.1 Å². The smallest absolute Gasteiger partial charge is 0.273 e. The van der Waals surface area contributed by atoms with E-state index in [9.17, 15) is 14.9 Å².